The molecule has 6 fully saturated rings. The summed E-state index contributed by atoms with van der Waals surface area (Å²) in [6.45, 7) is 1.48. The molecule has 0 aromatic rings. The fourth-order valence-electron chi connectivity index (χ4n) is 3.84. The number of carbonyl (C=O) groups excluding carboxylic acids is 1. The Morgan fingerprint density at radius 1 is 0.967 bits per heavy atom. The first-order chi connectivity index (χ1) is 14.0. The molecule has 4 atom stereocenters. The number of carboxylic acid groups (broad SMARTS) is 2. The molecular weight excluding hydrogens is 465 g/mol. The molecule has 4 unspecified atom stereocenters. The molecule has 6 aliphatic rings. The van der Waals surface area contributed by atoms with Crippen LogP contribution in [0.5, 0.6) is 0 Å². The Morgan fingerprint density at radius 2 is 1.47 bits per heavy atom. The third-order valence-electron chi connectivity index (χ3n) is 5.49. The lowest BCUT2D eigenvalue weighted by molar-refractivity contribution is -0.346. The van der Waals surface area contributed by atoms with E-state index in [1.54, 1.807) is 0 Å². The first-order valence-corrected chi connectivity index (χ1v) is 15.1. The zero-order valence-electron chi connectivity index (χ0n) is 16.2. The lowest BCUT2D eigenvalue weighted by Crippen LogP contribution is -2.59. The van der Waals surface area contributed by atoms with E-state index < -0.39 is 71.1 Å². The number of hydrogen-bond donors (Lipinski definition) is 2. The maximum Gasteiger partial charge on any atom is 0.479 e. The number of hydrogen-bond acceptors (Lipinski definition) is 10. The molecule has 0 spiro atoms. The average molecular weight is 488 g/mol. The van der Waals surface area contributed by atoms with Gasteiger partial charge in [-0.2, -0.15) is 0 Å². The lowest BCUT2D eigenvalue weighted by Gasteiger charge is -2.52. The molecule has 30 heavy (non-hydrogen) atoms. The highest BCUT2D eigenvalue weighted by molar-refractivity contribution is 7.83. The van der Waals surface area contributed by atoms with Gasteiger partial charge in [0.05, 0.1) is 25.1 Å². The maximum absolute atomic E-state index is 13.4. The second-order valence-electron chi connectivity index (χ2n) is 8.07. The average Bonchev–Trinajstić information content (AvgIpc) is 2.46. The van der Waals surface area contributed by atoms with Gasteiger partial charge >= 0.3 is 46.2 Å². The van der Waals surface area contributed by atoms with Crippen molar-refractivity contribution in [3.63, 3.8) is 0 Å². The molecule has 0 amide bonds. The molecule has 6 aliphatic heterocycles. The molecule has 0 aromatic carbocycles. The highest BCUT2D eigenvalue weighted by Gasteiger charge is 2.97. The Bertz CT molecular complexity index is 744. The zero-order chi connectivity index (χ0) is 21.9. The van der Waals surface area contributed by atoms with E-state index in [9.17, 15) is 24.1 Å². The molecule has 12 nitrogen and oxygen atoms in total. The van der Waals surface area contributed by atoms with Crippen molar-refractivity contribution in [3.05, 3.63) is 0 Å². The molecule has 6 rings (SSSR count). The van der Waals surface area contributed by atoms with Crippen LogP contribution in [0.15, 0.2) is 0 Å². The van der Waals surface area contributed by atoms with Crippen LogP contribution in [0.3, 0.4) is 0 Å². The van der Waals surface area contributed by atoms with Crippen molar-refractivity contribution in [2.75, 3.05) is 19.0 Å². The van der Waals surface area contributed by atoms with Gasteiger partial charge in [0.15, 0.2) is 0 Å². The zero-order valence-corrected chi connectivity index (χ0v) is 18.9. The summed E-state index contributed by atoms with van der Waals surface area (Å²) in [4.78, 5) is 34.2. The van der Waals surface area contributed by atoms with E-state index in [1.165, 1.54) is 13.6 Å². The van der Waals surface area contributed by atoms with E-state index in [0.717, 1.165) is 0 Å². The van der Waals surface area contributed by atoms with Crippen LogP contribution in [0.2, 0.25) is 0 Å². The summed E-state index contributed by atoms with van der Waals surface area (Å²) in [5.41, 5.74) is 0. The summed E-state index contributed by atoms with van der Waals surface area (Å²) in [5, 5.41) is 17.9. The third-order valence-corrected chi connectivity index (χ3v) is 14.8. The molecule has 4 bridgehead atoms. The van der Waals surface area contributed by atoms with Crippen molar-refractivity contribution in [2.24, 2.45) is 17.8 Å². The normalized spacial score (nSPS) is 38.9. The second kappa shape index (κ2) is 7.80. The van der Waals surface area contributed by atoms with Crippen LogP contribution >= 0.6 is 23.0 Å². The van der Waals surface area contributed by atoms with Gasteiger partial charge in [-0.3, -0.25) is 9.59 Å². The van der Waals surface area contributed by atoms with Crippen LogP contribution in [0.25, 0.3) is 0 Å². The fraction of sp³-hybridized carbons (Fsp3) is 0.800. The molecule has 15 heteroatoms. The van der Waals surface area contributed by atoms with Crippen molar-refractivity contribution in [1.82, 2.24) is 0 Å². The summed E-state index contributed by atoms with van der Waals surface area (Å²) < 4.78 is 46.3. The second-order valence-corrected chi connectivity index (χ2v) is 16.5. The summed E-state index contributed by atoms with van der Waals surface area (Å²) in [7, 11) is -8.48. The van der Waals surface area contributed by atoms with Crippen LogP contribution in [-0.4, -0.2) is 65.8 Å². The molecule has 6 heterocycles. The van der Waals surface area contributed by atoms with Crippen LogP contribution < -0.4 is 0 Å². The highest BCUT2D eigenvalue weighted by atomic mass is 31.3. The van der Waals surface area contributed by atoms with Gasteiger partial charge < -0.3 is 19.6 Å². The number of aliphatic carboxylic acids is 2. The van der Waals surface area contributed by atoms with Gasteiger partial charge in [0, 0.05) is 12.1 Å². The molecule has 168 valence electrons. The Morgan fingerprint density at radius 3 is 1.80 bits per heavy atom. The Hall–Kier alpha value is -0.540. The summed E-state index contributed by atoms with van der Waals surface area (Å²) in [5.74, 6) is -5.03. The minimum atomic E-state index is -3.03. The van der Waals surface area contributed by atoms with Crippen molar-refractivity contribution >= 4 is 41.3 Å². The Balaban J connectivity index is 1.40. The van der Waals surface area contributed by atoms with Gasteiger partial charge in [-0.15, -0.1) is 27.1 Å². The van der Waals surface area contributed by atoms with Crippen LogP contribution in [0.1, 0.15) is 19.8 Å². The highest BCUT2D eigenvalue weighted by Crippen LogP contribution is 3.00. The van der Waals surface area contributed by atoms with E-state index >= 15 is 0 Å². The Labute approximate surface area is 173 Å². The van der Waals surface area contributed by atoms with Crippen LogP contribution in [0, 0.1) is 17.8 Å². The largest absolute Gasteiger partial charge is 0.481 e. The first kappa shape index (κ1) is 22.6. The predicted octanol–water partition coefficient (Wildman–Crippen LogP) is 2.57. The van der Waals surface area contributed by atoms with Gasteiger partial charge in [-0.1, -0.05) is 6.92 Å². The summed E-state index contributed by atoms with van der Waals surface area (Å²) >= 11 is 0. The van der Waals surface area contributed by atoms with Crippen molar-refractivity contribution < 1.29 is 56.3 Å². The van der Waals surface area contributed by atoms with Crippen molar-refractivity contribution in [1.29, 1.82) is 0 Å². The van der Waals surface area contributed by atoms with E-state index in [0.29, 0.717) is 6.29 Å². The number of carboxylic acids is 2. The standard InChI is InChI=1S/C15H21O12P3/c1-8(12(17)18)3-10(13(19)20)4-9(5-16)6-28(2,21)7-11(29-22-14(23-29)24-29)30-25-15(26-30)27-30/h5,8-11,14-15H,3-4,6-7H2,1-2H3/p+2. The molecule has 2 N–H and O–H groups in total. The van der Waals surface area contributed by atoms with E-state index in [2.05, 4.69) is 0 Å². The summed E-state index contributed by atoms with van der Waals surface area (Å²) in [6.07, 6.45) is 0.345. The van der Waals surface area contributed by atoms with Gasteiger partial charge in [0.2, 0.25) is 0 Å². The fourth-order valence-corrected chi connectivity index (χ4v) is 14.3. The lowest BCUT2D eigenvalue weighted by atomic mass is 9.88. The van der Waals surface area contributed by atoms with Gasteiger partial charge in [0.1, 0.15) is 6.29 Å². The van der Waals surface area contributed by atoms with Crippen LogP contribution in [-0.2, 0) is 46.1 Å². The maximum atomic E-state index is 13.4. The molecule has 0 saturated carbocycles. The van der Waals surface area contributed by atoms with Crippen LogP contribution in [0.4, 0.5) is 0 Å². The van der Waals surface area contributed by atoms with E-state index in [4.69, 9.17) is 32.2 Å². The number of aldehydes is 1. The minimum absolute atomic E-state index is 0.0433. The molecule has 0 radical (unpaired) electrons. The smallest absolute Gasteiger partial charge is 0.479 e. The van der Waals surface area contributed by atoms with Gasteiger partial charge in [-0.05, 0) is 19.5 Å². The molecule has 0 aromatic heterocycles. The molecule has 0 aliphatic carbocycles. The van der Waals surface area contributed by atoms with E-state index in [-0.39, 0.29) is 25.2 Å². The van der Waals surface area contributed by atoms with E-state index in [1.807, 2.05) is 0 Å². The monoisotopic (exact) mass is 488 g/mol. The van der Waals surface area contributed by atoms with Gasteiger partial charge in [0.25, 0.3) is 0 Å². The predicted molar refractivity (Wildman–Crippen MR) is 102 cm³/mol. The van der Waals surface area contributed by atoms with Gasteiger partial charge in [-0.25, -0.2) is 0 Å². The van der Waals surface area contributed by atoms with Crippen molar-refractivity contribution in [3.8, 4) is 0 Å². The quantitative estimate of drug-likeness (QED) is 0.288. The first-order valence-electron chi connectivity index (χ1n) is 9.32. The SMILES string of the molecule is CC(CC(CC(C=O)CP(C)(=O)CC([P+]12OC(O1)O2)[P+]12OC(O1)O2)C(=O)O)C(=O)O. The minimum Gasteiger partial charge on any atom is -0.481 e. The van der Waals surface area contributed by atoms with Crippen molar-refractivity contribution in [2.45, 2.75) is 38.1 Å². The third kappa shape index (κ3) is 3.98. The molecular formula is C15H23O12P3+2. The topological polar surface area (TPSA) is 164 Å². The number of carbonyl (C=O) groups is 3. The Kier molecular flexibility index (Phi) is 5.89. The molecule has 6 saturated heterocycles. The number of rotatable bonds is 13. The summed E-state index contributed by atoms with van der Waals surface area (Å²) in [6, 6.07) is 0.